The number of aromatic nitrogens is 3. The zero-order chi connectivity index (χ0) is 24.0. The molecule has 1 aromatic heterocycles. The third-order valence-electron chi connectivity index (χ3n) is 4.56. The Labute approximate surface area is 198 Å². The molecule has 33 heavy (non-hydrogen) atoms. The van der Waals surface area contributed by atoms with Crippen molar-refractivity contribution in [2.45, 2.75) is 11.2 Å². The van der Waals surface area contributed by atoms with Gasteiger partial charge in [-0.3, -0.25) is 9.59 Å². The van der Waals surface area contributed by atoms with E-state index in [2.05, 4.69) is 20.8 Å². The number of ether oxygens (including phenoxy) is 1. The highest BCUT2D eigenvalue weighted by Crippen LogP contribution is 2.22. The van der Waals surface area contributed by atoms with Crippen molar-refractivity contribution in [2.75, 3.05) is 24.8 Å². The van der Waals surface area contributed by atoms with Gasteiger partial charge in [-0.25, -0.2) is 4.39 Å². The Bertz CT molecular complexity index is 1140. The molecule has 2 amide bonds. The van der Waals surface area contributed by atoms with Gasteiger partial charge in [0.15, 0.2) is 11.0 Å². The molecule has 0 aliphatic carbocycles. The van der Waals surface area contributed by atoms with E-state index in [1.807, 2.05) is 0 Å². The second kappa shape index (κ2) is 11.1. The Morgan fingerprint density at radius 3 is 2.61 bits per heavy atom. The van der Waals surface area contributed by atoms with E-state index in [1.165, 1.54) is 19.2 Å². The Morgan fingerprint density at radius 2 is 1.97 bits per heavy atom. The molecule has 0 radical (unpaired) electrons. The molecule has 0 bridgehead atoms. The number of benzene rings is 2. The largest absolute Gasteiger partial charge is 0.497 e. The van der Waals surface area contributed by atoms with Crippen molar-refractivity contribution in [1.82, 2.24) is 20.1 Å². The van der Waals surface area contributed by atoms with Gasteiger partial charge in [-0.2, -0.15) is 0 Å². The van der Waals surface area contributed by atoms with Crippen LogP contribution in [-0.4, -0.2) is 51.2 Å². The summed E-state index contributed by atoms with van der Waals surface area (Å²) in [6.07, 6.45) is 0. The summed E-state index contributed by atoms with van der Waals surface area (Å²) < 4.78 is 19.9. The monoisotopic (exact) mass is 493 g/mol. The van der Waals surface area contributed by atoms with Crippen LogP contribution in [0.3, 0.4) is 0 Å². The first-order valence-electron chi connectivity index (χ1n) is 9.65. The normalized spacial score (nSPS) is 11.7. The van der Waals surface area contributed by atoms with Crippen molar-refractivity contribution < 1.29 is 23.8 Å². The van der Waals surface area contributed by atoms with E-state index in [0.717, 1.165) is 17.8 Å². The molecule has 9 nitrogen and oxygen atoms in total. The number of methoxy groups -OCH3 is 1. The number of nitrogens with one attached hydrogen (secondary N) is 2. The number of anilines is 1. The summed E-state index contributed by atoms with van der Waals surface area (Å²) in [7, 11) is 3.19. The van der Waals surface area contributed by atoms with Crippen LogP contribution in [-0.2, 0) is 11.8 Å². The topological polar surface area (TPSA) is 118 Å². The molecule has 12 heteroatoms. The van der Waals surface area contributed by atoms with Gasteiger partial charge >= 0.3 is 0 Å². The van der Waals surface area contributed by atoms with Crippen molar-refractivity contribution in [3.8, 4) is 5.75 Å². The zero-order valence-corrected chi connectivity index (χ0v) is 19.3. The molecular weight excluding hydrogens is 473 g/mol. The van der Waals surface area contributed by atoms with Crippen LogP contribution in [0.5, 0.6) is 5.75 Å². The van der Waals surface area contributed by atoms with Crippen LogP contribution >= 0.6 is 23.4 Å². The van der Waals surface area contributed by atoms with E-state index in [9.17, 15) is 19.1 Å². The van der Waals surface area contributed by atoms with E-state index in [0.29, 0.717) is 28.0 Å². The van der Waals surface area contributed by atoms with E-state index in [4.69, 9.17) is 16.3 Å². The summed E-state index contributed by atoms with van der Waals surface area (Å²) in [5.74, 6) is -0.374. The van der Waals surface area contributed by atoms with Crippen molar-refractivity contribution in [3.05, 3.63) is 64.7 Å². The fourth-order valence-corrected chi connectivity index (χ4v) is 3.73. The lowest BCUT2D eigenvalue weighted by Crippen LogP contribution is -2.32. The summed E-state index contributed by atoms with van der Waals surface area (Å²) in [5, 5.41) is 23.5. The third kappa shape index (κ3) is 6.21. The Hall–Kier alpha value is -3.15. The number of thioether (sulfide) groups is 1. The van der Waals surface area contributed by atoms with Gasteiger partial charge in [-0.15, -0.1) is 10.2 Å². The number of hydrogen-bond donors (Lipinski definition) is 3. The SMILES string of the molecule is COc1ccc(C(=O)NC(CO)c2nnc(SCC(=O)Nc3ccc(F)c(Cl)c3)n2C)cc1. The number of aliphatic hydroxyl groups is 1. The van der Waals surface area contributed by atoms with Crippen LogP contribution in [0.1, 0.15) is 22.2 Å². The molecular formula is C21H21ClFN5O4S. The van der Waals surface area contributed by atoms with E-state index >= 15 is 0 Å². The second-order valence-corrected chi connectivity index (χ2v) is 8.15. The van der Waals surface area contributed by atoms with Gasteiger partial charge in [0, 0.05) is 18.3 Å². The molecule has 1 unspecified atom stereocenters. The quantitative estimate of drug-likeness (QED) is 0.392. The first-order chi connectivity index (χ1) is 15.8. The minimum Gasteiger partial charge on any atom is -0.497 e. The molecule has 1 atom stereocenters. The lowest BCUT2D eigenvalue weighted by atomic mass is 10.2. The summed E-state index contributed by atoms with van der Waals surface area (Å²) in [5.41, 5.74) is 0.760. The number of carbonyl (C=O) groups excluding carboxylic acids is 2. The molecule has 0 saturated carbocycles. The van der Waals surface area contributed by atoms with Crippen LogP contribution in [0.15, 0.2) is 47.6 Å². The number of halogens is 2. The number of amides is 2. The summed E-state index contributed by atoms with van der Waals surface area (Å²) in [6.45, 7) is -0.398. The molecule has 0 fully saturated rings. The predicted octanol–water partition coefficient (Wildman–Crippen LogP) is 2.81. The van der Waals surface area contributed by atoms with Crippen molar-refractivity contribution in [3.63, 3.8) is 0 Å². The van der Waals surface area contributed by atoms with Crippen LogP contribution < -0.4 is 15.4 Å². The maximum atomic E-state index is 13.2. The van der Waals surface area contributed by atoms with Crippen LogP contribution in [0.25, 0.3) is 0 Å². The first kappa shape index (κ1) is 24.5. The first-order valence-corrected chi connectivity index (χ1v) is 11.0. The highest BCUT2D eigenvalue weighted by Gasteiger charge is 2.22. The maximum absolute atomic E-state index is 13.2. The highest BCUT2D eigenvalue weighted by atomic mass is 35.5. The van der Waals surface area contributed by atoms with Crippen LogP contribution in [0.4, 0.5) is 10.1 Å². The number of nitrogens with zero attached hydrogens (tertiary/aromatic N) is 3. The molecule has 0 spiro atoms. The van der Waals surface area contributed by atoms with Gasteiger partial charge in [0.2, 0.25) is 5.91 Å². The highest BCUT2D eigenvalue weighted by molar-refractivity contribution is 7.99. The predicted molar refractivity (Wildman–Crippen MR) is 122 cm³/mol. The number of hydrogen-bond acceptors (Lipinski definition) is 7. The lowest BCUT2D eigenvalue weighted by molar-refractivity contribution is -0.113. The van der Waals surface area contributed by atoms with Gasteiger partial charge in [0.1, 0.15) is 17.6 Å². The Kier molecular flexibility index (Phi) is 8.26. The minimum atomic E-state index is -0.804. The maximum Gasteiger partial charge on any atom is 0.251 e. The van der Waals surface area contributed by atoms with Gasteiger partial charge in [0.05, 0.1) is 24.5 Å². The molecule has 2 aromatic carbocycles. The number of carbonyl (C=O) groups is 2. The van der Waals surface area contributed by atoms with Crippen molar-refractivity contribution >= 4 is 40.9 Å². The zero-order valence-electron chi connectivity index (χ0n) is 17.7. The van der Waals surface area contributed by atoms with E-state index < -0.39 is 24.4 Å². The molecule has 174 valence electrons. The molecule has 3 N–H and O–H groups in total. The van der Waals surface area contributed by atoms with Crippen molar-refractivity contribution in [1.29, 1.82) is 0 Å². The minimum absolute atomic E-state index is 0.00294. The van der Waals surface area contributed by atoms with Gasteiger partial charge in [0.25, 0.3) is 5.91 Å². The smallest absolute Gasteiger partial charge is 0.251 e. The van der Waals surface area contributed by atoms with E-state index in [-0.39, 0.29) is 16.7 Å². The van der Waals surface area contributed by atoms with Gasteiger partial charge in [-0.1, -0.05) is 23.4 Å². The van der Waals surface area contributed by atoms with Crippen molar-refractivity contribution in [2.24, 2.45) is 7.05 Å². The Balaban J connectivity index is 1.61. The molecule has 0 saturated heterocycles. The molecule has 3 aromatic rings. The molecule has 0 aliphatic heterocycles. The van der Waals surface area contributed by atoms with Gasteiger partial charge in [-0.05, 0) is 42.5 Å². The second-order valence-electron chi connectivity index (χ2n) is 6.80. The lowest BCUT2D eigenvalue weighted by Gasteiger charge is -2.16. The summed E-state index contributed by atoms with van der Waals surface area (Å²) in [4.78, 5) is 24.7. The van der Waals surface area contributed by atoms with Gasteiger partial charge < -0.3 is 25.0 Å². The van der Waals surface area contributed by atoms with Crippen LogP contribution in [0.2, 0.25) is 5.02 Å². The fourth-order valence-electron chi connectivity index (χ4n) is 2.83. The van der Waals surface area contributed by atoms with E-state index in [1.54, 1.807) is 35.9 Å². The number of rotatable bonds is 9. The summed E-state index contributed by atoms with van der Waals surface area (Å²) in [6, 6.07) is 9.60. The summed E-state index contributed by atoms with van der Waals surface area (Å²) >= 11 is 6.83. The average molecular weight is 494 g/mol. The molecule has 1 heterocycles. The fraction of sp³-hybridized carbons (Fsp3) is 0.238. The molecule has 0 aliphatic rings. The average Bonchev–Trinajstić information content (AvgIpc) is 3.18. The van der Waals surface area contributed by atoms with Crippen LogP contribution in [0, 0.1) is 5.82 Å². The third-order valence-corrected chi connectivity index (χ3v) is 5.87. The standard InChI is InChI=1S/C21H21ClFN5O4S/c1-28-19(17(10-29)25-20(31)12-3-6-14(32-2)7-4-12)26-27-21(28)33-11-18(30)24-13-5-8-16(23)15(22)9-13/h3-9,17,29H,10-11H2,1-2H3,(H,24,30)(H,25,31). The number of aliphatic hydroxyl groups excluding tert-OH is 1. The molecule has 3 rings (SSSR count). The Morgan fingerprint density at radius 1 is 1.24 bits per heavy atom.